The number of terminal acetylenes is 1. The summed E-state index contributed by atoms with van der Waals surface area (Å²) in [4.78, 5) is 14.0. The number of rotatable bonds is 4. The van der Waals surface area contributed by atoms with Gasteiger partial charge in [-0.1, -0.05) is 5.92 Å². The first-order valence-corrected chi connectivity index (χ1v) is 5.35. The highest BCUT2D eigenvalue weighted by atomic mass is 16.5. The average Bonchev–Trinajstić information content (AvgIpc) is 2.26. The molecule has 1 fully saturated rings. The molecular formula is C11H18N2O3. The number of carboxylic acid groups (broad SMARTS) is 1. The lowest BCUT2D eigenvalue weighted by Crippen LogP contribution is -2.43. The minimum atomic E-state index is -0.906. The SMILES string of the molecule is C#CCN1CCO[C@H](CCN(C)C(=O)O)C1. The quantitative estimate of drug-likeness (QED) is 0.701. The van der Waals surface area contributed by atoms with E-state index in [9.17, 15) is 4.79 Å². The van der Waals surface area contributed by atoms with E-state index in [0.717, 1.165) is 13.1 Å². The van der Waals surface area contributed by atoms with Crippen molar-refractivity contribution in [1.82, 2.24) is 9.80 Å². The molecule has 0 saturated carbocycles. The molecule has 0 aromatic carbocycles. The van der Waals surface area contributed by atoms with Gasteiger partial charge in [0, 0.05) is 26.7 Å². The summed E-state index contributed by atoms with van der Waals surface area (Å²) in [5, 5.41) is 8.70. The summed E-state index contributed by atoms with van der Waals surface area (Å²) in [6.07, 6.45) is 5.14. The average molecular weight is 226 g/mol. The number of amides is 1. The molecule has 1 amide bonds. The fourth-order valence-electron chi connectivity index (χ4n) is 1.66. The molecule has 90 valence electrons. The van der Waals surface area contributed by atoms with Gasteiger partial charge in [0.1, 0.15) is 0 Å². The number of hydrogen-bond donors (Lipinski definition) is 1. The summed E-state index contributed by atoms with van der Waals surface area (Å²) in [6.45, 7) is 3.44. The van der Waals surface area contributed by atoms with Crippen LogP contribution < -0.4 is 0 Å². The number of morpholine rings is 1. The third-order valence-corrected chi connectivity index (χ3v) is 2.65. The maximum absolute atomic E-state index is 10.6. The molecule has 1 rings (SSSR count). The summed E-state index contributed by atoms with van der Waals surface area (Å²) in [5.41, 5.74) is 0. The van der Waals surface area contributed by atoms with Crippen molar-refractivity contribution in [2.75, 3.05) is 39.8 Å². The minimum absolute atomic E-state index is 0.0869. The lowest BCUT2D eigenvalue weighted by Gasteiger charge is -2.32. The summed E-state index contributed by atoms with van der Waals surface area (Å²) < 4.78 is 5.55. The van der Waals surface area contributed by atoms with Crippen LogP contribution in [-0.2, 0) is 4.74 Å². The first kappa shape index (κ1) is 12.8. The molecule has 1 atom stereocenters. The molecule has 1 aliphatic heterocycles. The van der Waals surface area contributed by atoms with E-state index in [1.807, 2.05) is 0 Å². The van der Waals surface area contributed by atoms with Gasteiger partial charge in [0.05, 0.1) is 19.3 Å². The molecule has 0 spiro atoms. The highest BCUT2D eigenvalue weighted by molar-refractivity contribution is 5.64. The summed E-state index contributed by atoms with van der Waals surface area (Å²) in [6, 6.07) is 0. The minimum Gasteiger partial charge on any atom is -0.465 e. The Bertz CT molecular complexity index is 275. The highest BCUT2D eigenvalue weighted by Crippen LogP contribution is 2.08. The standard InChI is InChI=1S/C11H18N2O3/c1-3-5-13-7-8-16-10(9-13)4-6-12(2)11(14)15/h1,10H,4-9H2,2H3,(H,14,15)/t10-/m1/s1. The highest BCUT2D eigenvalue weighted by Gasteiger charge is 2.20. The fourth-order valence-corrected chi connectivity index (χ4v) is 1.66. The zero-order valence-corrected chi connectivity index (χ0v) is 9.56. The van der Waals surface area contributed by atoms with E-state index in [2.05, 4.69) is 10.8 Å². The van der Waals surface area contributed by atoms with Gasteiger partial charge in [-0.2, -0.15) is 0 Å². The molecule has 16 heavy (non-hydrogen) atoms. The van der Waals surface area contributed by atoms with E-state index < -0.39 is 6.09 Å². The molecule has 0 aliphatic carbocycles. The van der Waals surface area contributed by atoms with Gasteiger partial charge in [-0.05, 0) is 6.42 Å². The normalized spacial score (nSPS) is 21.4. The third kappa shape index (κ3) is 4.09. The number of hydrogen-bond acceptors (Lipinski definition) is 3. The van der Waals surface area contributed by atoms with E-state index in [1.54, 1.807) is 7.05 Å². The molecule has 0 aromatic heterocycles. The molecule has 1 N–H and O–H groups in total. The van der Waals surface area contributed by atoms with Gasteiger partial charge in [0.25, 0.3) is 0 Å². The van der Waals surface area contributed by atoms with Crippen LogP contribution in [0.1, 0.15) is 6.42 Å². The van der Waals surface area contributed by atoms with Crippen LogP contribution in [0.2, 0.25) is 0 Å². The fraction of sp³-hybridized carbons (Fsp3) is 0.727. The maximum atomic E-state index is 10.6. The Morgan fingerprint density at radius 3 is 3.12 bits per heavy atom. The smallest absolute Gasteiger partial charge is 0.407 e. The van der Waals surface area contributed by atoms with Crippen molar-refractivity contribution < 1.29 is 14.6 Å². The third-order valence-electron chi connectivity index (χ3n) is 2.65. The van der Waals surface area contributed by atoms with Crippen LogP contribution in [-0.4, -0.2) is 66.9 Å². The zero-order valence-electron chi connectivity index (χ0n) is 9.56. The molecule has 1 saturated heterocycles. The Morgan fingerprint density at radius 1 is 1.75 bits per heavy atom. The van der Waals surface area contributed by atoms with Crippen LogP contribution in [0.5, 0.6) is 0 Å². The van der Waals surface area contributed by atoms with E-state index in [0.29, 0.717) is 26.1 Å². The molecule has 0 aromatic rings. The number of carbonyl (C=O) groups is 1. The number of nitrogens with zero attached hydrogens (tertiary/aromatic N) is 2. The lowest BCUT2D eigenvalue weighted by atomic mass is 10.2. The second kappa shape index (κ2) is 6.36. The van der Waals surface area contributed by atoms with Gasteiger partial charge in [-0.3, -0.25) is 4.90 Å². The molecule has 0 radical (unpaired) electrons. The van der Waals surface area contributed by atoms with Crippen LogP contribution in [0.15, 0.2) is 0 Å². The molecule has 1 aliphatic rings. The lowest BCUT2D eigenvalue weighted by molar-refractivity contribution is -0.0299. The van der Waals surface area contributed by atoms with Gasteiger partial charge in [-0.25, -0.2) is 4.79 Å². The van der Waals surface area contributed by atoms with E-state index >= 15 is 0 Å². The van der Waals surface area contributed by atoms with Crippen LogP contribution >= 0.6 is 0 Å². The van der Waals surface area contributed by atoms with Crippen molar-refractivity contribution in [3.63, 3.8) is 0 Å². The maximum Gasteiger partial charge on any atom is 0.407 e. The molecule has 0 bridgehead atoms. The predicted molar refractivity (Wildman–Crippen MR) is 60.3 cm³/mol. The molecular weight excluding hydrogens is 208 g/mol. The second-order valence-electron chi connectivity index (χ2n) is 3.92. The van der Waals surface area contributed by atoms with Gasteiger partial charge < -0.3 is 14.7 Å². The van der Waals surface area contributed by atoms with Crippen molar-refractivity contribution in [2.24, 2.45) is 0 Å². The summed E-state index contributed by atoms with van der Waals surface area (Å²) >= 11 is 0. The van der Waals surface area contributed by atoms with E-state index in [-0.39, 0.29) is 6.10 Å². The topological polar surface area (TPSA) is 53.0 Å². The Balaban J connectivity index is 2.27. The van der Waals surface area contributed by atoms with Crippen LogP contribution in [0, 0.1) is 12.3 Å². The van der Waals surface area contributed by atoms with Crippen molar-refractivity contribution in [3.05, 3.63) is 0 Å². The number of ether oxygens (including phenoxy) is 1. The Morgan fingerprint density at radius 2 is 2.50 bits per heavy atom. The zero-order chi connectivity index (χ0) is 12.0. The molecule has 5 nitrogen and oxygen atoms in total. The monoisotopic (exact) mass is 226 g/mol. The van der Waals surface area contributed by atoms with Gasteiger partial charge in [0.15, 0.2) is 0 Å². The summed E-state index contributed by atoms with van der Waals surface area (Å²) in [7, 11) is 1.56. The predicted octanol–water partition coefficient (Wildman–Crippen LogP) is 0.320. The van der Waals surface area contributed by atoms with E-state index in [1.165, 1.54) is 4.90 Å². The van der Waals surface area contributed by atoms with Crippen LogP contribution in [0.3, 0.4) is 0 Å². The Labute approximate surface area is 96.0 Å². The van der Waals surface area contributed by atoms with Crippen molar-refractivity contribution in [3.8, 4) is 12.3 Å². The van der Waals surface area contributed by atoms with Crippen molar-refractivity contribution in [2.45, 2.75) is 12.5 Å². The first-order chi connectivity index (χ1) is 7.63. The van der Waals surface area contributed by atoms with Gasteiger partial charge in [0.2, 0.25) is 0 Å². The Kier molecular flexibility index (Phi) is 5.09. The molecule has 0 unspecified atom stereocenters. The van der Waals surface area contributed by atoms with Crippen molar-refractivity contribution in [1.29, 1.82) is 0 Å². The van der Waals surface area contributed by atoms with Gasteiger partial charge >= 0.3 is 6.09 Å². The molecule has 5 heteroatoms. The van der Waals surface area contributed by atoms with Gasteiger partial charge in [-0.15, -0.1) is 6.42 Å². The Hall–Kier alpha value is -1.25. The second-order valence-corrected chi connectivity index (χ2v) is 3.92. The van der Waals surface area contributed by atoms with Crippen LogP contribution in [0.25, 0.3) is 0 Å². The molecule has 1 heterocycles. The van der Waals surface area contributed by atoms with Crippen LogP contribution in [0.4, 0.5) is 4.79 Å². The summed E-state index contributed by atoms with van der Waals surface area (Å²) in [5.74, 6) is 2.61. The van der Waals surface area contributed by atoms with Crippen molar-refractivity contribution >= 4 is 6.09 Å². The first-order valence-electron chi connectivity index (χ1n) is 5.35. The largest absolute Gasteiger partial charge is 0.465 e. The van der Waals surface area contributed by atoms with E-state index in [4.69, 9.17) is 16.3 Å².